The number of rotatable bonds is 4. The van der Waals surface area contributed by atoms with Crippen molar-refractivity contribution in [1.82, 2.24) is 5.32 Å². The van der Waals surface area contributed by atoms with Crippen LogP contribution in [0.1, 0.15) is 30.4 Å². The van der Waals surface area contributed by atoms with Crippen LogP contribution >= 0.6 is 0 Å². The van der Waals surface area contributed by atoms with Crippen LogP contribution in [0.3, 0.4) is 0 Å². The molecule has 0 heterocycles. The second-order valence-corrected chi connectivity index (χ2v) is 4.86. The minimum absolute atomic E-state index is 0.133. The van der Waals surface area contributed by atoms with Crippen molar-refractivity contribution in [2.75, 3.05) is 6.54 Å². The largest absolute Gasteiger partial charge is 0.416 e. The van der Waals surface area contributed by atoms with Crippen LogP contribution in [0.5, 0.6) is 0 Å². The second kappa shape index (κ2) is 6.11. The molecular formula is C15H16F3NO. The molecule has 20 heavy (non-hydrogen) atoms. The van der Waals surface area contributed by atoms with Gasteiger partial charge in [0.2, 0.25) is 0 Å². The average Bonchev–Trinajstić information content (AvgIpc) is 2.38. The Hall–Kier alpha value is -1.78. The van der Waals surface area contributed by atoms with E-state index in [1.807, 2.05) is 0 Å². The number of hydrogen-bond acceptors (Lipinski definition) is 2. The van der Waals surface area contributed by atoms with Crippen molar-refractivity contribution in [3.05, 3.63) is 47.2 Å². The number of benzene rings is 1. The van der Waals surface area contributed by atoms with E-state index >= 15 is 0 Å². The number of halogens is 3. The van der Waals surface area contributed by atoms with Crippen molar-refractivity contribution >= 4 is 5.78 Å². The summed E-state index contributed by atoms with van der Waals surface area (Å²) >= 11 is 0. The van der Waals surface area contributed by atoms with Gasteiger partial charge in [-0.05, 0) is 37.0 Å². The van der Waals surface area contributed by atoms with E-state index in [0.717, 1.165) is 36.2 Å². The molecular weight excluding hydrogens is 267 g/mol. The molecule has 5 heteroatoms. The van der Waals surface area contributed by atoms with E-state index in [-0.39, 0.29) is 5.78 Å². The van der Waals surface area contributed by atoms with Crippen LogP contribution in [-0.4, -0.2) is 12.3 Å². The first kappa shape index (κ1) is 14.6. The number of carbonyl (C=O) groups excluding carboxylic acids is 1. The Balaban J connectivity index is 1.84. The molecule has 0 radical (unpaired) electrons. The van der Waals surface area contributed by atoms with E-state index in [4.69, 9.17) is 0 Å². The third-order valence-electron chi connectivity index (χ3n) is 3.25. The summed E-state index contributed by atoms with van der Waals surface area (Å²) in [6, 6.07) is 5.17. The van der Waals surface area contributed by atoms with Gasteiger partial charge in [0.1, 0.15) is 0 Å². The van der Waals surface area contributed by atoms with E-state index in [1.165, 1.54) is 12.1 Å². The molecule has 0 saturated carbocycles. The van der Waals surface area contributed by atoms with Crippen LogP contribution in [0, 0.1) is 0 Å². The quantitative estimate of drug-likeness (QED) is 0.916. The number of allylic oxidation sites excluding steroid dienone is 2. The first-order chi connectivity index (χ1) is 9.45. The van der Waals surface area contributed by atoms with Gasteiger partial charge in [-0.15, -0.1) is 0 Å². The third kappa shape index (κ3) is 4.11. The predicted octanol–water partition coefficient (Wildman–Crippen LogP) is 3.47. The Morgan fingerprint density at radius 2 is 1.80 bits per heavy atom. The summed E-state index contributed by atoms with van der Waals surface area (Å²) in [5.41, 5.74) is 1.14. The minimum Gasteiger partial charge on any atom is -0.388 e. The van der Waals surface area contributed by atoms with Crippen LogP contribution in [0.2, 0.25) is 0 Å². The van der Waals surface area contributed by atoms with Crippen molar-refractivity contribution in [2.45, 2.75) is 31.9 Å². The maximum Gasteiger partial charge on any atom is 0.416 e. The molecule has 1 aromatic rings. The van der Waals surface area contributed by atoms with Crippen molar-refractivity contribution in [1.29, 1.82) is 0 Å². The van der Waals surface area contributed by atoms with Gasteiger partial charge in [0.05, 0.1) is 5.56 Å². The van der Waals surface area contributed by atoms with Gasteiger partial charge in [-0.3, -0.25) is 4.79 Å². The number of ketones is 1. The molecule has 2 nitrogen and oxygen atoms in total. The zero-order valence-corrected chi connectivity index (χ0v) is 11.0. The zero-order valence-electron chi connectivity index (χ0n) is 11.0. The van der Waals surface area contributed by atoms with E-state index < -0.39 is 11.7 Å². The fourth-order valence-corrected chi connectivity index (χ4v) is 2.16. The fraction of sp³-hybridized carbons (Fsp3) is 0.400. The second-order valence-electron chi connectivity index (χ2n) is 4.86. The first-order valence-corrected chi connectivity index (χ1v) is 6.58. The van der Waals surface area contributed by atoms with Crippen molar-refractivity contribution in [3.8, 4) is 0 Å². The van der Waals surface area contributed by atoms with Crippen molar-refractivity contribution in [3.63, 3.8) is 0 Å². The van der Waals surface area contributed by atoms with Gasteiger partial charge in [0.25, 0.3) is 0 Å². The highest BCUT2D eigenvalue weighted by molar-refractivity contribution is 5.91. The third-order valence-corrected chi connectivity index (χ3v) is 3.25. The van der Waals surface area contributed by atoms with Crippen molar-refractivity contribution in [2.24, 2.45) is 0 Å². The standard InChI is InChI=1S/C15H16F3NO/c16-15(17,18)12-6-4-11(5-7-12)8-9-19-13-2-1-3-14(20)10-13/h4-7,10,19H,1-3,8-9H2. The van der Waals surface area contributed by atoms with Crippen LogP contribution in [0.4, 0.5) is 13.2 Å². The molecule has 0 amide bonds. The van der Waals surface area contributed by atoms with Gasteiger partial charge >= 0.3 is 6.18 Å². The lowest BCUT2D eigenvalue weighted by Crippen LogP contribution is -2.20. The molecule has 1 aliphatic rings. The van der Waals surface area contributed by atoms with Crippen molar-refractivity contribution < 1.29 is 18.0 Å². The van der Waals surface area contributed by atoms with E-state index in [9.17, 15) is 18.0 Å². The lowest BCUT2D eigenvalue weighted by molar-refractivity contribution is -0.137. The number of nitrogens with one attached hydrogen (secondary N) is 1. The van der Waals surface area contributed by atoms with Gasteiger partial charge in [-0.1, -0.05) is 12.1 Å². The molecule has 1 N–H and O–H groups in total. The first-order valence-electron chi connectivity index (χ1n) is 6.58. The Kier molecular flexibility index (Phi) is 4.47. The molecule has 0 aliphatic heterocycles. The smallest absolute Gasteiger partial charge is 0.388 e. The Morgan fingerprint density at radius 3 is 2.40 bits per heavy atom. The highest BCUT2D eigenvalue weighted by Crippen LogP contribution is 2.29. The molecule has 0 bridgehead atoms. The lowest BCUT2D eigenvalue weighted by Gasteiger charge is -2.14. The minimum atomic E-state index is -4.29. The van der Waals surface area contributed by atoms with Gasteiger partial charge in [0, 0.05) is 24.7 Å². The monoisotopic (exact) mass is 283 g/mol. The molecule has 0 unspecified atom stereocenters. The molecule has 1 aliphatic carbocycles. The Labute approximate surface area is 115 Å². The maximum absolute atomic E-state index is 12.4. The van der Waals surface area contributed by atoms with Gasteiger partial charge in [-0.25, -0.2) is 0 Å². The molecule has 108 valence electrons. The summed E-state index contributed by atoms with van der Waals surface area (Å²) in [6.45, 7) is 0.616. The molecule has 0 spiro atoms. The molecule has 0 fully saturated rings. The number of hydrogen-bond donors (Lipinski definition) is 1. The molecule has 0 saturated heterocycles. The zero-order chi connectivity index (χ0) is 14.6. The molecule has 2 rings (SSSR count). The molecule has 1 aromatic carbocycles. The Morgan fingerprint density at radius 1 is 1.10 bits per heavy atom. The molecule has 0 aromatic heterocycles. The topological polar surface area (TPSA) is 29.1 Å². The SMILES string of the molecule is O=C1C=C(NCCc2ccc(C(F)(F)F)cc2)CCC1. The maximum atomic E-state index is 12.4. The normalized spacial score (nSPS) is 15.9. The van der Waals surface area contributed by atoms with E-state index in [2.05, 4.69) is 5.32 Å². The highest BCUT2D eigenvalue weighted by Gasteiger charge is 2.29. The van der Waals surface area contributed by atoms with Gasteiger partial charge < -0.3 is 5.32 Å². The van der Waals surface area contributed by atoms with Crippen LogP contribution in [0.25, 0.3) is 0 Å². The number of alkyl halides is 3. The van der Waals surface area contributed by atoms with Crippen LogP contribution in [-0.2, 0) is 17.4 Å². The van der Waals surface area contributed by atoms with Crippen LogP contribution < -0.4 is 5.32 Å². The fourth-order valence-electron chi connectivity index (χ4n) is 2.16. The summed E-state index contributed by atoms with van der Waals surface area (Å²) < 4.78 is 37.2. The van der Waals surface area contributed by atoms with Gasteiger partial charge in [-0.2, -0.15) is 13.2 Å². The summed E-state index contributed by atoms with van der Waals surface area (Å²) in [4.78, 5) is 11.2. The summed E-state index contributed by atoms with van der Waals surface area (Å²) in [7, 11) is 0. The highest BCUT2D eigenvalue weighted by atomic mass is 19.4. The summed E-state index contributed by atoms with van der Waals surface area (Å²) in [5, 5.41) is 3.16. The summed E-state index contributed by atoms with van der Waals surface area (Å²) in [5.74, 6) is 0.133. The lowest BCUT2D eigenvalue weighted by atomic mass is 10.0. The molecule has 0 atom stereocenters. The number of carbonyl (C=O) groups is 1. The average molecular weight is 283 g/mol. The Bertz CT molecular complexity index is 503. The van der Waals surface area contributed by atoms with E-state index in [0.29, 0.717) is 19.4 Å². The summed E-state index contributed by atoms with van der Waals surface area (Å²) in [6.07, 6.45) is 0.282. The van der Waals surface area contributed by atoms with E-state index in [1.54, 1.807) is 6.08 Å². The van der Waals surface area contributed by atoms with Crippen LogP contribution in [0.15, 0.2) is 36.0 Å². The van der Waals surface area contributed by atoms with Gasteiger partial charge in [0.15, 0.2) is 5.78 Å². The predicted molar refractivity (Wildman–Crippen MR) is 70.1 cm³/mol.